The molecule has 0 spiro atoms. The summed E-state index contributed by atoms with van der Waals surface area (Å²) in [6.07, 6.45) is 2.49. The Bertz CT molecular complexity index is 1290. The third-order valence-corrected chi connectivity index (χ3v) is 5.89. The Hall–Kier alpha value is -3.29. The van der Waals surface area contributed by atoms with Gasteiger partial charge in [0.1, 0.15) is 12.1 Å². The average Bonchev–Trinajstić information content (AvgIpc) is 3.45. The number of nitrogens with zero attached hydrogens (tertiary/aromatic N) is 4. The molecule has 0 aliphatic heterocycles. The van der Waals surface area contributed by atoms with Gasteiger partial charge in [0, 0.05) is 22.7 Å². The Morgan fingerprint density at radius 2 is 1.90 bits per heavy atom. The maximum Gasteiger partial charge on any atom is 0.181 e. The van der Waals surface area contributed by atoms with Crippen LogP contribution in [-0.2, 0) is 6.42 Å². The fraction of sp³-hybridized carbons (Fsp3) is 0.0909. The summed E-state index contributed by atoms with van der Waals surface area (Å²) in [5.74, 6) is 2.25. The minimum Gasteiger partial charge on any atom is -0.368 e. The van der Waals surface area contributed by atoms with Crippen LogP contribution in [0.4, 0.5) is 5.82 Å². The van der Waals surface area contributed by atoms with Gasteiger partial charge in [0.15, 0.2) is 11.6 Å². The SMILES string of the molecule is Clc1cccc(-c2n[nH]c(-c3ccc(CCNc4ncnc5ccsc45)cc3)n2)c1. The van der Waals surface area contributed by atoms with Gasteiger partial charge in [-0.3, -0.25) is 5.10 Å². The number of anilines is 1. The number of fused-ring (bicyclic) bond motifs is 1. The lowest BCUT2D eigenvalue weighted by Crippen LogP contribution is -2.06. The highest BCUT2D eigenvalue weighted by molar-refractivity contribution is 7.17. The topological polar surface area (TPSA) is 79.4 Å². The number of halogens is 1. The predicted molar refractivity (Wildman–Crippen MR) is 122 cm³/mol. The number of aromatic amines is 1. The summed E-state index contributed by atoms with van der Waals surface area (Å²) in [5.41, 5.74) is 4.09. The molecule has 2 aromatic carbocycles. The number of thiophene rings is 1. The van der Waals surface area contributed by atoms with Gasteiger partial charge in [-0.25, -0.2) is 15.0 Å². The van der Waals surface area contributed by atoms with E-state index in [1.807, 2.05) is 35.7 Å². The highest BCUT2D eigenvalue weighted by Gasteiger charge is 2.09. The quantitative estimate of drug-likeness (QED) is 0.373. The lowest BCUT2D eigenvalue weighted by Gasteiger charge is -2.07. The second-order valence-electron chi connectivity index (χ2n) is 6.75. The zero-order chi connectivity index (χ0) is 20.3. The van der Waals surface area contributed by atoms with Crippen molar-refractivity contribution in [2.24, 2.45) is 0 Å². The van der Waals surface area contributed by atoms with Gasteiger partial charge in [-0.1, -0.05) is 48.0 Å². The molecule has 0 bridgehead atoms. The van der Waals surface area contributed by atoms with E-state index in [1.54, 1.807) is 17.7 Å². The van der Waals surface area contributed by atoms with Gasteiger partial charge in [-0.05, 0) is 35.6 Å². The molecule has 0 saturated heterocycles. The minimum absolute atomic E-state index is 0.630. The Kier molecular flexibility index (Phi) is 5.13. The van der Waals surface area contributed by atoms with Gasteiger partial charge in [-0.15, -0.1) is 11.3 Å². The molecule has 0 atom stereocenters. The zero-order valence-electron chi connectivity index (χ0n) is 15.8. The van der Waals surface area contributed by atoms with Crippen molar-refractivity contribution in [2.45, 2.75) is 6.42 Å². The van der Waals surface area contributed by atoms with Crippen molar-refractivity contribution in [1.29, 1.82) is 0 Å². The number of benzene rings is 2. The summed E-state index contributed by atoms with van der Waals surface area (Å²) in [6, 6.07) is 17.9. The molecular formula is C22H17ClN6S. The Balaban J connectivity index is 1.24. The van der Waals surface area contributed by atoms with Crippen molar-refractivity contribution in [2.75, 3.05) is 11.9 Å². The van der Waals surface area contributed by atoms with Crippen LogP contribution in [0.25, 0.3) is 33.0 Å². The molecule has 0 aliphatic carbocycles. The van der Waals surface area contributed by atoms with E-state index in [0.29, 0.717) is 10.8 Å². The van der Waals surface area contributed by atoms with Crippen LogP contribution in [0, 0.1) is 0 Å². The molecule has 0 aliphatic rings. The molecule has 3 aromatic heterocycles. The molecule has 6 nitrogen and oxygen atoms in total. The summed E-state index contributed by atoms with van der Waals surface area (Å²) in [7, 11) is 0. The summed E-state index contributed by atoms with van der Waals surface area (Å²) >= 11 is 7.71. The van der Waals surface area contributed by atoms with Crippen LogP contribution >= 0.6 is 22.9 Å². The van der Waals surface area contributed by atoms with Gasteiger partial charge in [0.05, 0.1) is 10.2 Å². The van der Waals surface area contributed by atoms with E-state index in [1.165, 1.54) is 5.56 Å². The van der Waals surface area contributed by atoms with E-state index < -0.39 is 0 Å². The number of rotatable bonds is 6. The normalized spacial score (nSPS) is 11.1. The summed E-state index contributed by atoms with van der Waals surface area (Å²) in [4.78, 5) is 13.2. The fourth-order valence-corrected chi connectivity index (χ4v) is 4.22. The van der Waals surface area contributed by atoms with E-state index in [-0.39, 0.29) is 0 Å². The second kappa shape index (κ2) is 8.22. The van der Waals surface area contributed by atoms with Gasteiger partial charge in [0.25, 0.3) is 0 Å². The zero-order valence-corrected chi connectivity index (χ0v) is 17.4. The first-order valence-electron chi connectivity index (χ1n) is 9.46. The van der Waals surface area contributed by atoms with Crippen molar-refractivity contribution in [3.8, 4) is 22.8 Å². The number of aromatic nitrogens is 5. The van der Waals surface area contributed by atoms with Gasteiger partial charge >= 0.3 is 0 Å². The van der Waals surface area contributed by atoms with Crippen LogP contribution < -0.4 is 5.32 Å². The highest BCUT2D eigenvalue weighted by atomic mass is 35.5. The number of hydrogen-bond acceptors (Lipinski definition) is 6. The smallest absolute Gasteiger partial charge is 0.181 e. The molecular weight excluding hydrogens is 416 g/mol. The summed E-state index contributed by atoms with van der Waals surface area (Å²) in [5, 5.41) is 13.4. The average molecular weight is 433 g/mol. The monoisotopic (exact) mass is 432 g/mol. The third kappa shape index (κ3) is 3.90. The molecule has 0 amide bonds. The van der Waals surface area contributed by atoms with Crippen molar-refractivity contribution >= 4 is 39.0 Å². The number of H-pyrrole nitrogens is 1. The van der Waals surface area contributed by atoms with E-state index in [2.05, 4.69) is 54.7 Å². The first-order valence-corrected chi connectivity index (χ1v) is 10.7. The Morgan fingerprint density at radius 3 is 2.77 bits per heavy atom. The Labute approximate surface area is 182 Å². The highest BCUT2D eigenvalue weighted by Crippen LogP contribution is 2.25. The molecule has 5 aromatic rings. The van der Waals surface area contributed by atoms with Crippen molar-refractivity contribution in [3.05, 3.63) is 76.9 Å². The van der Waals surface area contributed by atoms with Crippen molar-refractivity contribution in [3.63, 3.8) is 0 Å². The molecule has 3 heterocycles. The number of hydrogen-bond donors (Lipinski definition) is 2. The molecule has 0 unspecified atom stereocenters. The summed E-state index contributed by atoms with van der Waals surface area (Å²) < 4.78 is 1.09. The molecule has 30 heavy (non-hydrogen) atoms. The van der Waals surface area contributed by atoms with Gasteiger partial charge < -0.3 is 5.32 Å². The first-order chi connectivity index (χ1) is 14.8. The van der Waals surface area contributed by atoms with Crippen molar-refractivity contribution in [1.82, 2.24) is 25.1 Å². The molecule has 2 N–H and O–H groups in total. The largest absolute Gasteiger partial charge is 0.368 e. The minimum atomic E-state index is 0.630. The van der Waals surface area contributed by atoms with E-state index >= 15 is 0 Å². The van der Waals surface area contributed by atoms with Crippen LogP contribution in [-0.4, -0.2) is 31.7 Å². The lowest BCUT2D eigenvalue weighted by molar-refractivity contribution is 1.01. The van der Waals surface area contributed by atoms with E-state index in [4.69, 9.17) is 11.6 Å². The standard InChI is InChI=1S/C22H17ClN6S/c23-17-3-1-2-16(12-17)21-27-20(28-29-21)15-6-4-14(5-7-15)8-10-24-22-19-18(9-11-30-19)25-13-26-22/h1-7,9,11-13H,8,10H2,(H,24,25,26)(H,27,28,29). The van der Waals surface area contributed by atoms with Crippen molar-refractivity contribution < 1.29 is 0 Å². The maximum atomic E-state index is 6.06. The molecule has 8 heteroatoms. The predicted octanol–water partition coefficient (Wildman–Crippen LogP) is 5.45. The molecule has 0 fully saturated rings. The second-order valence-corrected chi connectivity index (χ2v) is 8.10. The molecule has 148 valence electrons. The van der Waals surface area contributed by atoms with Gasteiger partial charge in [0.2, 0.25) is 0 Å². The Morgan fingerprint density at radius 1 is 1.00 bits per heavy atom. The molecule has 0 saturated carbocycles. The molecule has 0 radical (unpaired) electrons. The van der Waals surface area contributed by atoms with Crippen LogP contribution in [0.15, 0.2) is 66.3 Å². The van der Waals surface area contributed by atoms with Crippen LogP contribution in [0.3, 0.4) is 0 Å². The number of nitrogens with one attached hydrogen (secondary N) is 2. The van der Waals surface area contributed by atoms with Crippen LogP contribution in [0.5, 0.6) is 0 Å². The summed E-state index contributed by atoms with van der Waals surface area (Å²) in [6.45, 7) is 0.796. The van der Waals surface area contributed by atoms with E-state index in [0.717, 1.165) is 46.0 Å². The van der Waals surface area contributed by atoms with Crippen LogP contribution in [0.1, 0.15) is 5.56 Å². The molecule has 5 rings (SSSR count). The first kappa shape index (κ1) is 18.7. The van der Waals surface area contributed by atoms with Gasteiger partial charge in [-0.2, -0.15) is 5.10 Å². The van der Waals surface area contributed by atoms with E-state index in [9.17, 15) is 0 Å². The lowest BCUT2D eigenvalue weighted by atomic mass is 10.1. The fourth-order valence-electron chi connectivity index (χ4n) is 3.22. The third-order valence-electron chi connectivity index (χ3n) is 4.74. The maximum absolute atomic E-state index is 6.06. The van der Waals surface area contributed by atoms with Crippen LogP contribution in [0.2, 0.25) is 5.02 Å².